The van der Waals surface area contributed by atoms with Crippen LogP contribution in [0.15, 0.2) is 0 Å². The third-order valence-electron chi connectivity index (χ3n) is 2.38. The maximum atomic E-state index is 11.7. The molecule has 0 aliphatic carbocycles. The van der Waals surface area contributed by atoms with Crippen molar-refractivity contribution in [3.8, 4) is 0 Å². The first-order chi connectivity index (χ1) is 9.43. The molecule has 0 rings (SSSR count). The van der Waals surface area contributed by atoms with Gasteiger partial charge in [0.2, 0.25) is 0 Å². The first kappa shape index (κ1) is 19.2. The summed E-state index contributed by atoms with van der Waals surface area (Å²) in [5, 5.41) is 37.9. The Labute approximate surface area is 116 Å². The van der Waals surface area contributed by atoms with Crippen LogP contribution in [-0.2, 0) is 23.7 Å². The molecule has 0 amide bonds. The molecule has 0 aromatic carbocycles. The summed E-state index contributed by atoms with van der Waals surface area (Å²) in [5.41, 5.74) is 0. The van der Waals surface area contributed by atoms with E-state index in [0.29, 0.717) is 0 Å². The summed E-state index contributed by atoms with van der Waals surface area (Å²) in [6.07, 6.45) is -3.86. The van der Waals surface area contributed by atoms with Crippen molar-refractivity contribution in [2.45, 2.75) is 18.0 Å². The molecule has 0 heterocycles. The van der Waals surface area contributed by atoms with Crippen LogP contribution in [0.4, 0.5) is 0 Å². The Balaban J connectivity index is 4.79. The van der Waals surface area contributed by atoms with E-state index in [-0.39, 0.29) is 26.4 Å². The molecule has 4 N–H and O–H groups in total. The van der Waals surface area contributed by atoms with E-state index >= 15 is 0 Å². The minimum absolute atomic E-state index is 0.0373. The number of hydrogen-bond acceptors (Lipinski definition) is 9. The van der Waals surface area contributed by atoms with Gasteiger partial charge in [-0.2, -0.15) is 0 Å². The quantitative estimate of drug-likeness (QED) is 0.182. The molecule has 0 aliphatic rings. The van der Waals surface area contributed by atoms with Crippen molar-refractivity contribution < 1.29 is 44.2 Å². The lowest BCUT2D eigenvalue weighted by Gasteiger charge is -2.32. The number of ether oxygens (including phenoxy) is 4. The molecule has 0 saturated carbocycles. The molecule has 0 spiro atoms. The van der Waals surface area contributed by atoms with Gasteiger partial charge in [-0.25, -0.2) is 4.79 Å². The monoisotopic (exact) mass is 298 g/mol. The Kier molecular flexibility index (Phi) is 9.59. The number of aliphatic hydroxyl groups excluding tert-OH is 3. The van der Waals surface area contributed by atoms with Gasteiger partial charge in [0.05, 0.1) is 26.4 Å². The molecule has 0 saturated heterocycles. The lowest BCUT2D eigenvalue weighted by Crippen LogP contribution is -2.58. The Bertz CT molecular complexity index is 273. The number of carbonyl (C=O) groups excluding carboxylic acids is 1. The first-order valence-electron chi connectivity index (χ1n) is 5.92. The van der Waals surface area contributed by atoms with Gasteiger partial charge in [-0.3, -0.25) is 0 Å². The van der Waals surface area contributed by atoms with Crippen LogP contribution in [0, 0.1) is 0 Å². The van der Waals surface area contributed by atoms with Crippen LogP contribution in [0.1, 0.15) is 0 Å². The highest BCUT2D eigenvalue weighted by Gasteiger charge is 2.49. The summed E-state index contributed by atoms with van der Waals surface area (Å²) in [7, 11) is 2.76. The number of hydrogen-bond donors (Lipinski definition) is 4. The van der Waals surface area contributed by atoms with Crippen LogP contribution in [0.5, 0.6) is 0 Å². The fraction of sp³-hybridized carbons (Fsp3) is 0.909. The minimum atomic E-state index is -2.81. The Morgan fingerprint density at radius 3 is 2.15 bits per heavy atom. The topological polar surface area (TPSA) is 135 Å². The van der Waals surface area contributed by atoms with Gasteiger partial charge in [0.15, 0.2) is 0 Å². The summed E-state index contributed by atoms with van der Waals surface area (Å²) in [5.74, 6) is -4.11. The summed E-state index contributed by atoms with van der Waals surface area (Å²) in [4.78, 5) is 11.7. The van der Waals surface area contributed by atoms with Crippen molar-refractivity contribution in [3.05, 3.63) is 0 Å². The maximum absolute atomic E-state index is 11.7. The zero-order chi connectivity index (χ0) is 15.6. The number of aliphatic hydroxyl groups is 4. The molecule has 0 unspecified atom stereocenters. The molecule has 0 aromatic heterocycles. The van der Waals surface area contributed by atoms with Crippen LogP contribution < -0.4 is 0 Å². The van der Waals surface area contributed by atoms with Crippen LogP contribution in [0.3, 0.4) is 0 Å². The Morgan fingerprint density at radius 1 is 1.10 bits per heavy atom. The van der Waals surface area contributed by atoms with Crippen molar-refractivity contribution in [3.63, 3.8) is 0 Å². The molecule has 0 radical (unpaired) electrons. The third-order valence-corrected chi connectivity index (χ3v) is 2.38. The molecule has 0 aliphatic heterocycles. The normalized spacial score (nSPS) is 17.3. The molecule has 20 heavy (non-hydrogen) atoms. The molecule has 9 heteroatoms. The van der Waals surface area contributed by atoms with E-state index in [1.165, 1.54) is 14.2 Å². The van der Waals surface area contributed by atoms with E-state index in [1.807, 2.05) is 0 Å². The zero-order valence-electron chi connectivity index (χ0n) is 11.5. The molecule has 0 aromatic rings. The van der Waals surface area contributed by atoms with E-state index in [9.17, 15) is 20.1 Å². The Hall–Kier alpha value is -0.810. The minimum Gasteiger partial charge on any atom is -0.459 e. The lowest BCUT2D eigenvalue weighted by molar-refractivity contribution is -0.279. The van der Waals surface area contributed by atoms with Gasteiger partial charge in [0.25, 0.3) is 5.79 Å². The van der Waals surface area contributed by atoms with Gasteiger partial charge in [-0.1, -0.05) is 0 Å². The van der Waals surface area contributed by atoms with Crippen LogP contribution in [0.2, 0.25) is 0 Å². The van der Waals surface area contributed by atoms with Gasteiger partial charge < -0.3 is 39.4 Å². The molecular weight excluding hydrogens is 276 g/mol. The highest BCUT2D eigenvalue weighted by atomic mass is 16.7. The van der Waals surface area contributed by atoms with Crippen molar-refractivity contribution in [2.24, 2.45) is 0 Å². The third kappa shape index (κ3) is 5.67. The first-order valence-corrected chi connectivity index (χ1v) is 5.92. The van der Waals surface area contributed by atoms with Gasteiger partial charge >= 0.3 is 5.97 Å². The highest BCUT2D eigenvalue weighted by Crippen LogP contribution is 2.18. The summed E-state index contributed by atoms with van der Waals surface area (Å²) >= 11 is 0. The SMILES string of the molecule is COCCOC(=O)[C@@](O)(OCCOC)[C@H](O)[C@H](O)CO. The summed E-state index contributed by atoms with van der Waals surface area (Å²) < 4.78 is 18.8. The predicted octanol–water partition coefficient (Wildman–Crippen LogP) is -2.76. The second-order valence-corrected chi connectivity index (χ2v) is 3.86. The Morgan fingerprint density at radius 2 is 1.65 bits per heavy atom. The fourth-order valence-electron chi connectivity index (χ4n) is 1.23. The standard InChI is InChI=1S/C11H22O9/c1-17-3-5-19-10(15)11(16,20-6-4-18-2)9(14)8(13)7-12/h8-9,12-14,16H,3-7H2,1-2H3/t8-,9-,11+/m1/s1. The second-order valence-electron chi connectivity index (χ2n) is 3.86. The number of methoxy groups -OCH3 is 2. The number of rotatable bonds is 11. The van der Waals surface area contributed by atoms with Gasteiger partial charge in [0, 0.05) is 14.2 Å². The lowest BCUT2D eigenvalue weighted by atomic mass is 10.0. The van der Waals surface area contributed by atoms with Gasteiger partial charge in [-0.15, -0.1) is 0 Å². The number of carbonyl (C=O) groups is 1. The van der Waals surface area contributed by atoms with E-state index in [0.717, 1.165) is 0 Å². The van der Waals surface area contributed by atoms with Crippen LogP contribution >= 0.6 is 0 Å². The average Bonchev–Trinajstić information content (AvgIpc) is 2.45. The van der Waals surface area contributed by atoms with E-state index in [1.54, 1.807) is 0 Å². The van der Waals surface area contributed by atoms with Crippen LogP contribution in [-0.4, -0.2) is 91.6 Å². The smallest absolute Gasteiger partial charge is 0.369 e. The van der Waals surface area contributed by atoms with Crippen molar-refractivity contribution >= 4 is 5.97 Å². The van der Waals surface area contributed by atoms with Crippen molar-refractivity contribution in [2.75, 3.05) is 47.3 Å². The molecular formula is C11H22O9. The van der Waals surface area contributed by atoms with E-state index in [2.05, 4.69) is 14.2 Å². The molecule has 0 fully saturated rings. The van der Waals surface area contributed by atoms with E-state index in [4.69, 9.17) is 9.84 Å². The van der Waals surface area contributed by atoms with E-state index < -0.39 is 30.6 Å². The maximum Gasteiger partial charge on any atom is 0.369 e. The number of esters is 1. The molecule has 9 nitrogen and oxygen atoms in total. The largest absolute Gasteiger partial charge is 0.459 e. The molecule has 3 atom stereocenters. The summed E-state index contributed by atoms with van der Waals surface area (Å²) in [6.45, 7) is -1.16. The fourth-order valence-corrected chi connectivity index (χ4v) is 1.23. The van der Waals surface area contributed by atoms with Crippen LogP contribution in [0.25, 0.3) is 0 Å². The van der Waals surface area contributed by atoms with Crippen molar-refractivity contribution in [1.82, 2.24) is 0 Å². The van der Waals surface area contributed by atoms with Gasteiger partial charge in [-0.05, 0) is 0 Å². The predicted molar refractivity (Wildman–Crippen MR) is 64.7 cm³/mol. The second kappa shape index (κ2) is 10.00. The molecule has 120 valence electrons. The average molecular weight is 298 g/mol. The zero-order valence-corrected chi connectivity index (χ0v) is 11.5. The van der Waals surface area contributed by atoms with Gasteiger partial charge in [0.1, 0.15) is 18.8 Å². The highest BCUT2D eigenvalue weighted by molar-refractivity contribution is 5.78. The van der Waals surface area contributed by atoms with Crippen molar-refractivity contribution in [1.29, 1.82) is 0 Å². The summed E-state index contributed by atoms with van der Waals surface area (Å²) in [6, 6.07) is 0. The molecule has 0 bridgehead atoms.